The van der Waals surface area contributed by atoms with Gasteiger partial charge in [-0.2, -0.15) is 0 Å². The molecule has 1 aromatic carbocycles. The van der Waals surface area contributed by atoms with Gasteiger partial charge in [0.1, 0.15) is 12.3 Å². The predicted molar refractivity (Wildman–Crippen MR) is 93.9 cm³/mol. The summed E-state index contributed by atoms with van der Waals surface area (Å²) in [6.07, 6.45) is 1.43. The fraction of sp³-hybridized carbons (Fsp3) is 0.375. The van der Waals surface area contributed by atoms with Gasteiger partial charge in [0.15, 0.2) is 11.0 Å². The number of aryl methyl sites for hydroxylation is 1. The van der Waals surface area contributed by atoms with Crippen molar-refractivity contribution in [3.8, 4) is 0 Å². The highest BCUT2D eigenvalue weighted by molar-refractivity contribution is 9.10. The average Bonchev–Trinajstić information content (AvgIpc) is 2.75. The number of carboxylic acids is 1. The van der Waals surface area contributed by atoms with Crippen LogP contribution < -0.4 is 10.7 Å². The molecule has 0 bridgehead atoms. The molecule has 2 heterocycles. The summed E-state index contributed by atoms with van der Waals surface area (Å²) in [7, 11) is 0. The molecular weight excluding hydrogens is 382 g/mol. The van der Waals surface area contributed by atoms with Gasteiger partial charge in [0.2, 0.25) is 0 Å². The Morgan fingerprint density at radius 3 is 2.74 bits per heavy atom. The lowest BCUT2D eigenvalue weighted by molar-refractivity contribution is -0.139. The van der Waals surface area contributed by atoms with Crippen LogP contribution in [0, 0.1) is 6.92 Å². The van der Waals surface area contributed by atoms with Crippen LogP contribution in [0.15, 0.2) is 32.1 Å². The Morgan fingerprint density at radius 1 is 1.43 bits per heavy atom. The summed E-state index contributed by atoms with van der Waals surface area (Å²) in [5.41, 5.74) is 1.75. The molecule has 2 aromatic rings. The summed E-state index contributed by atoms with van der Waals surface area (Å²) < 4.78 is 5.84. The molecule has 0 radical (unpaired) electrons. The number of benzene rings is 1. The van der Waals surface area contributed by atoms with E-state index in [0.29, 0.717) is 16.5 Å². The standard InChI is InChI=1S/C16H16BrNO4S/c1-7-4-8-11(19)9(6-22-12(8)10(17)5-7)14-18-13(15(20)21)16(2,3)23-14/h4-6,13-14,18H,1-3H3,(H,20,21). The summed E-state index contributed by atoms with van der Waals surface area (Å²) >= 11 is 4.83. The number of thioether (sulfide) groups is 1. The monoisotopic (exact) mass is 397 g/mol. The zero-order chi connectivity index (χ0) is 16.9. The first-order chi connectivity index (χ1) is 10.7. The average molecular weight is 398 g/mol. The molecule has 2 unspecified atom stereocenters. The number of carbonyl (C=O) groups is 1. The molecule has 7 heteroatoms. The van der Waals surface area contributed by atoms with Gasteiger partial charge < -0.3 is 9.52 Å². The van der Waals surface area contributed by atoms with Crippen LogP contribution in [0.2, 0.25) is 0 Å². The molecule has 5 nitrogen and oxygen atoms in total. The molecule has 3 rings (SSSR count). The van der Waals surface area contributed by atoms with Gasteiger partial charge in [0.25, 0.3) is 0 Å². The van der Waals surface area contributed by atoms with Crippen LogP contribution in [0.4, 0.5) is 0 Å². The maximum Gasteiger partial charge on any atom is 0.322 e. The Labute approximate surface area is 145 Å². The maximum atomic E-state index is 12.8. The minimum atomic E-state index is -0.922. The smallest absolute Gasteiger partial charge is 0.322 e. The van der Waals surface area contributed by atoms with E-state index in [2.05, 4.69) is 21.2 Å². The molecule has 0 amide bonds. The Morgan fingerprint density at radius 2 is 2.13 bits per heavy atom. The van der Waals surface area contributed by atoms with Gasteiger partial charge in [0, 0.05) is 4.75 Å². The third-order valence-electron chi connectivity index (χ3n) is 3.96. The van der Waals surface area contributed by atoms with E-state index in [4.69, 9.17) is 4.42 Å². The first-order valence-electron chi connectivity index (χ1n) is 7.09. The number of hydrogen-bond acceptors (Lipinski definition) is 5. The SMILES string of the molecule is Cc1cc(Br)c2occ(C3NC(C(=O)O)C(C)(C)S3)c(=O)c2c1. The molecule has 0 aliphatic carbocycles. The van der Waals surface area contributed by atoms with Crippen molar-refractivity contribution in [2.45, 2.75) is 36.9 Å². The van der Waals surface area contributed by atoms with Gasteiger partial charge in [-0.25, -0.2) is 0 Å². The Kier molecular flexibility index (Phi) is 4.06. The van der Waals surface area contributed by atoms with Crippen LogP contribution >= 0.6 is 27.7 Å². The highest BCUT2D eigenvalue weighted by atomic mass is 79.9. The number of nitrogens with one attached hydrogen (secondary N) is 1. The molecule has 122 valence electrons. The molecule has 0 spiro atoms. The topological polar surface area (TPSA) is 79.5 Å². The highest BCUT2D eigenvalue weighted by Crippen LogP contribution is 2.45. The van der Waals surface area contributed by atoms with Gasteiger partial charge in [-0.1, -0.05) is 0 Å². The van der Waals surface area contributed by atoms with Gasteiger partial charge in [-0.15, -0.1) is 11.8 Å². The summed E-state index contributed by atoms with van der Waals surface area (Å²) in [5.74, 6) is -0.922. The van der Waals surface area contributed by atoms with Gasteiger partial charge in [0.05, 0.1) is 20.8 Å². The number of fused-ring (bicyclic) bond motifs is 1. The second-order valence-electron chi connectivity index (χ2n) is 6.18. The molecule has 1 aliphatic heterocycles. The van der Waals surface area contributed by atoms with Crippen molar-refractivity contribution in [3.63, 3.8) is 0 Å². The van der Waals surface area contributed by atoms with E-state index >= 15 is 0 Å². The number of rotatable bonds is 2. The Balaban J connectivity index is 2.10. The lowest BCUT2D eigenvalue weighted by Gasteiger charge is -2.20. The molecule has 1 saturated heterocycles. The minimum absolute atomic E-state index is 0.137. The van der Waals surface area contributed by atoms with Gasteiger partial charge in [-0.3, -0.25) is 14.9 Å². The second kappa shape index (κ2) is 5.65. The van der Waals surface area contributed by atoms with E-state index in [1.54, 1.807) is 6.07 Å². The summed E-state index contributed by atoms with van der Waals surface area (Å²) in [4.78, 5) is 24.2. The van der Waals surface area contributed by atoms with E-state index in [0.717, 1.165) is 10.0 Å². The molecule has 1 aliphatic rings. The van der Waals surface area contributed by atoms with Crippen molar-refractivity contribution in [1.82, 2.24) is 5.32 Å². The predicted octanol–water partition coefficient (Wildman–Crippen LogP) is 3.43. The van der Waals surface area contributed by atoms with Crippen molar-refractivity contribution in [1.29, 1.82) is 0 Å². The third-order valence-corrected chi connectivity index (χ3v) is 6.02. The van der Waals surface area contributed by atoms with Crippen LogP contribution in [-0.4, -0.2) is 21.9 Å². The fourth-order valence-corrected chi connectivity index (χ4v) is 4.88. The first-order valence-corrected chi connectivity index (χ1v) is 8.76. The van der Waals surface area contributed by atoms with Crippen LogP contribution in [0.5, 0.6) is 0 Å². The number of aliphatic carboxylic acids is 1. The molecule has 1 fully saturated rings. The molecule has 2 N–H and O–H groups in total. The van der Waals surface area contributed by atoms with Crippen LogP contribution in [0.1, 0.15) is 30.3 Å². The summed E-state index contributed by atoms with van der Waals surface area (Å²) in [6.45, 7) is 5.61. The third kappa shape index (κ3) is 2.81. The zero-order valence-corrected chi connectivity index (χ0v) is 15.2. The number of hydrogen-bond donors (Lipinski definition) is 2. The molecule has 2 atom stereocenters. The summed E-state index contributed by atoms with van der Waals surface area (Å²) in [6, 6.07) is 2.95. The van der Waals surface area contributed by atoms with Crippen molar-refractivity contribution in [3.05, 3.63) is 44.2 Å². The summed E-state index contributed by atoms with van der Waals surface area (Å²) in [5, 5.41) is 12.4. The number of carboxylic acid groups (broad SMARTS) is 1. The lowest BCUT2D eigenvalue weighted by atomic mass is 10.0. The van der Waals surface area contributed by atoms with E-state index in [1.807, 2.05) is 26.8 Å². The molecule has 23 heavy (non-hydrogen) atoms. The maximum absolute atomic E-state index is 12.8. The normalized spacial score (nSPS) is 23.3. The molecular formula is C16H16BrNO4S. The van der Waals surface area contributed by atoms with E-state index in [9.17, 15) is 14.7 Å². The molecule has 0 saturated carbocycles. The lowest BCUT2D eigenvalue weighted by Crippen LogP contribution is -2.43. The van der Waals surface area contributed by atoms with Crippen LogP contribution in [0.25, 0.3) is 11.0 Å². The second-order valence-corrected chi connectivity index (χ2v) is 8.80. The Hall–Kier alpha value is -1.31. The number of halogens is 1. The van der Waals surface area contributed by atoms with Crippen molar-refractivity contribution in [2.75, 3.05) is 0 Å². The minimum Gasteiger partial charge on any atom is -0.480 e. The largest absolute Gasteiger partial charge is 0.480 e. The van der Waals surface area contributed by atoms with Crippen LogP contribution in [-0.2, 0) is 4.79 Å². The fourth-order valence-electron chi connectivity index (χ4n) is 2.81. The quantitative estimate of drug-likeness (QED) is 0.807. The van der Waals surface area contributed by atoms with Crippen LogP contribution in [0.3, 0.4) is 0 Å². The van der Waals surface area contributed by atoms with Gasteiger partial charge >= 0.3 is 5.97 Å². The van der Waals surface area contributed by atoms with Crippen molar-refractivity contribution < 1.29 is 14.3 Å². The van der Waals surface area contributed by atoms with E-state index in [1.165, 1.54) is 18.0 Å². The Bertz CT molecular complexity index is 861. The first kappa shape index (κ1) is 16.5. The molecule has 1 aromatic heterocycles. The van der Waals surface area contributed by atoms with Crippen molar-refractivity contribution >= 4 is 44.6 Å². The zero-order valence-electron chi connectivity index (χ0n) is 12.8. The highest BCUT2D eigenvalue weighted by Gasteiger charge is 2.46. The van der Waals surface area contributed by atoms with Gasteiger partial charge in [-0.05, 0) is 54.4 Å². The van der Waals surface area contributed by atoms with E-state index < -0.39 is 22.1 Å². The van der Waals surface area contributed by atoms with Crippen molar-refractivity contribution in [2.24, 2.45) is 0 Å². The van der Waals surface area contributed by atoms with E-state index in [-0.39, 0.29) is 5.43 Å².